The van der Waals surface area contributed by atoms with Gasteiger partial charge in [0, 0.05) is 48.6 Å². The molecule has 3 heterocycles. The van der Waals surface area contributed by atoms with Crippen LogP contribution in [0.3, 0.4) is 0 Å². The molecule has 1 N–H and O–H groups in total. The molecule has 0 bridgehead atoms. The highest BCUT2D eigenvalue weighted by atomic mass is 19.1. The Kier molecular flexibility index (Phi) is 6.74. The quantitative estimate of drug-likeness (QED) is 0.332. The summed E-state index contributed by atoms with van der Waals surface area (Å²) in [6, 6.07) is 18.8. The zero-order chi connectivity index (χ0) is 28.7. The van der Waals surface area contributed by atoms with Gasteiger partial charge in [-0.3, -0.25) is 4.79 Å². The lowest BCUT2D eigenvalue weighted by atomic mass is 10.1. The van der Waals surface area contributed by atoms with Gasteiger partial charge >= 0.3 is 5.97 Å². The van der Waals surface area contributed by atoms with Crippen LogP contribution in [0.5, 0.6) is 0 Å². The van der Waals surface area contributed by atoms with E-state index in [1.54, 1.807) is 21.6 Å². The van der Waals surface area contributed by atoms with Crippen molar-refractivity contribution in [2.24, 2.45) is 0 Å². The van der Waals surface area contributed by atoms with Gasteiger partial charge in [-0.05, 0) is 61.4 Å². The molecule has 208 valence electrons. The van der Waals surface area contributed by atoms with Crippen molar-refractivity contribution in [2.45, 2.75) is 26.4 Å². The van der Waals surface area contributed by atoms with E-state index >= 15 is 4.39 Å². The summed E-state index contributed by atoms with van der Waals surface area (Å²) in [7, 11) is 0. The lowest BCUT2D eigenvalue weighted by molar-refractivity contribution is 0.0695. The maximum Gasteiger partial charge on any atom is 0.341 e. The predicted octanol–water partition coefficient (Wildman–Crippen LogP) is 4.49. The molecule has 1 saturated heterocycles. The Balaban J connectivity index is 1.38. The van der Waals surface area contributed by atoms with Gasteiger partial charge in [-0.1, -0.05) is 24.3 Å². The fourth-order valence-electron chi connectivity index (χ4n) is 5.57. The van der Waals surface area contributed by atoms with E-state index < -0.39 is 22.8 Å². The first kappa shape index (κ1) is 26.2. The summed E-state index contributed by atoms with van der Waals surface area (Å²) in [5.74, 6) is -1.91. The predicted molar refractivity (Wildman–Crippen MR) is 156 cm³/mol. The molecule has 9 nitrogen and oxygen atoms in total. The van der Waals surface area contributed by atoms with Crippen molar-refractivity contribution < 1.29 is 14.3 Å². The standard InChI is InChI=1S/C31H29FN6O3/c1-20-4-3-5-24(12-20)37-11-10-35(15-21(37)2)29-14-28-25(13-27(29)32)30(39)26(31(40)41)17-38(28)23-8-6-22(7-9-23)16-36-19-33-18-34-36/h3-9,12-14,17-19,21H,10-11,15-16H2,1-2H3,(H,40,41). The van der Waals surface area contributed by atoms with E-state index in [0.717, 1.165) is 11.3 Å². The minimum atomic E-state index is -1.36. The largest absolute Gasteiger partial charge is 0.477 e. The summed E-state index contributed by atoms with van der Waals surface area (Å²) in [6.07, 6.45) is 4.41. The van der Waals surface area contributed by atoms with Gasteiger partial charge in [-0.2, -0.15) is 5.10 Å². The van der Waals surface area contributed by atoms with E-state index in [1.807, 2.05) is 35.2 Å². The Hall–Kier alpha value is -4.99. The second-order valence-corrected chi connectivity index (χ2v) is 10.5. The smallest absolute Gasteiger partial charge is 0.341 e. The maximum absolute atomic E-state index is 15.6. The number of anilines is 2. The number of carboxylic acids is 1. The molecule has 1 fully saturated rings. The van der Waals surface area contributed by atoms with Crippen LogP contribution in [0, 0.1) is 12.7 Å². The molecule has 0 spiro atoms. The topological polar surface area (TPSA) is 96.5 Å². The normalized spacial score (nSPS) is 15.4. The number of carbonyl (C=O) groups is 1. The maximum atomic E-state index is 15.6. The van der Waals surface area contributed by atoms with Crippen molar-refractivity contribution in [2.75, 3.05) is 29.4 Å². The third-order valence-corrected chi connectivity index (χ3v) is 7.63. The zero-order valence-electron chi connectivity index (χ0n) is 22.7. The number of halogens is 1. The lowest BCUT2D eigenvalue weighted by Gasteiger charge is -2.42. The first-order valence-corrected chi connectivity index (χ1v) is 13.4. The van der Waals surface area contributed by atoms with Gasteiger partial charge < -0.3 is 19.5 Å². The van der Waals surface area contributed by atoms with Crippen LogP contribution in [-0.2, 0) is 6.54 Å². The fraction of sp³-hybridized carbons (Fsp3) is 0.226. The number of pyridine rings is 1. The summed E-state index contributed by atoms with van der Waals surface area (Å²) in [5, 5.41) is 13.9. The number of rotatable bonds is 6. The highest BCUT2D eigenvalue weighted by Crippen LogP contribution is 2.30. The van der Waals surface area contributed by atoms with Crippen LogP contribution >= 0.6 is 0 Å². The third kappa shape index (κ3) is 5.04. The van der Waals surface area contributed by atoms with Crippen LogP contribution < -0.4 is 15.2 Å². The van der Waals surface area contributed by atoms with Crippen molar-refractivity contribution in [1.82, 2.24) is 19.3 Å². The monoisotopic (exact) mass is 552 g/mol. The van der Waals surface area contributed by atoms with Crippen LogP contribution in [0.15, 0.2) is 84.3 Å². The second kappa shape index (κ2) is 10.5. The van der Waals surface area contributed by atoms with E-state index in [1.165, 1.54) is 24.2 Å². The SMILES string of the molecule is Cc1cccc(N2CCN(c3cc4c(cc3F)c(=O)c(C(=O)O)cn4-c3ccc(Cn4cncn4)cc3)CC2C)c1. The van der Waals surface area contributed by atoms with Crippen LogP contribution in [0.25, 0.3) is 16.6 Å². The number of nitrogens with zero attached hydrogens (tertiary/aromatic N) is 6. The molecular weight excluding hydrogens is 523 g/mol. The summed E-state index contributed by atoms with van der Waals surface area (Å²) in [6.45, 7) is 6.59. The molecule has 0 amide bonds. The number of piperazine rings is 1. The van der Waals surface area contributed by atoms with Crippen LogP contribution in [-0.4, -0.2) is 56.1 Å². The van der Waals surface area contributed by atoms with Gasteiger partial charge in [0.2, 0.25) is 5.43 Å². The molecule has 41 heavy (non-hydrogen) atoms. The van der Waals surface area contributed by atoms with Crippen molar-refractivity contribution >= 4 is 28.2 Å². The average molecular weight is 553 g/mol. The molecule has 10 heteroatoms. The van der Waals surface area contributed by atoms with Crippen molar-refractivity contribution in [3.8, 4) is 5.69 Å². The van der Waals surface area contributed by atoms with Crippen LogP contribution in [0.1, 0.15) is 28.4 Å². The second-order valence-electron chi connectivity index (χ2n) is 10.5. The molecule has 1 unspecified atom stereocenters. The number of hydrogen-bond donors (Lipinski definition) is 1. The van der Waals surface area contributed by atoms with Crippen molar-refractivity contribution in [3.05, 3.63) is 112 Å². The van der Waals surface area contributed by atoms with Gasteiger partial charge in [-0.15, -0.1) is 0 Å². The first-order chi connectivity index (χ1) is 19.8. The average Bonchev–Trinajstić information content (AvgIpc) is 3.47. The zero-order valence-corrected chi connectivity index (χ0v) is 22.7. The van der Waals surface area contributed by atoms with Crippen molar-refractivity contribution in [1.29, 1.82) is 0 Å². The number of aryl methyl sites for hydroxylation is 1. The number of hydrogen-bond acceptors (Lipinski definition) is 6. The number of fused-ring (bicyclic) bond motifs is 1. The number of benzene rings is 3. The van der Waals surface area contributed by atoms with Gasteiger partial charge in [-0.25, -0.2) is 18.9 Å². The third-order valence-electron chi connectivity index (χ3n) is 7.63. The molecular formula is C31H29FN6O3. The minimum absolute atomic E-state index is 0.0179. The van der Waals surface area contributed by atoms with Gasteiger partial charge in [0.15, 0.2) is 0 Å². The Morgan fingerprint density at radius 2 is 1.88 bits per heavy atom. The van der Waals surface area contributed by atoms with Gasteiger partial charge in [0.25, 0.3) is 0 Å². The molecule has 6 rings (SSSR count). The molecule has 2 aromatic heterocycles. The molecule has 0 saturated carbocycles. The first-order valence-electron chi connectivity index (χ1n) is 13.4. The highest BCUT2D eigenvalue weighted by molar-refractivity contribution is 5.94. The number of aromatic nitrogens is 4. The molecule has 3 aromatic carbocycles. The lowest BCUT2D eigenvalue weighted by Crippen LogP contribution is -2.52. The number of aromatic carboxylic acids is 1. The van der Waals surface area contributed by atoms with E-state index in [9.17, 15) is 14.7 Å². The highest BCUT2D eigenvalue weighted by Gasteiger charge is 2.27. The van der Waals surface area contributed by atoms with Gasteiger partial charge in [0.05, 0.1) is 17.7 Å². The van der Waals surface area contributed by atoms with E-state index in [4.69, 9.17) is 0 Å². The molecule has 1 aliphatic heterocycles. The van der Waals surface area contributed by atoms with Crippen molar-refractivity contribution in [3.63, 3.8) is 0 Å². The molecule has 0 aliphatic carbocycles. The Bertz CT molecular complexity index is 1800. The summed E-state index contributed by atoms with van der Waals surface area (Å²) < 4.78 is 19.0. The fourth-order valence-corrected chi connectivity index (χ4v) is 5.57. The Morgan fingerprint density at radius 1 is 1.07 bits per heavy atom. The summed E-state index contributed by atoms with van der Waals surface area (Å²) in [4.78, 5) is 33.3. The summed E-state index contributed by atoms with van der Waals surface area (Å²) >= 11 is 0. The van der Waals surface area contributed by atoms with Gasteiger partial charge in [0.1, 0.15) is 24.0 Å². The van der Waals surface area contributed by atoms with Crippen LogP contribution in [0.4, 0.5) is 15.8 Å². The van der Waals surface area contributed by atoms with Crippen LogP contribution in [0.2, 0.25) is 0 Å². The molecule has 1 aliphatic rings. The van der Waals surface area contributed by atoms with E-state index in [2.05, 4.69) is 47.0 Å². The Morgan fingerprint density at radius 3 is 2.56 bits per heavy atom. The Labute approximate surface area is 235 Å². The molecule has 5 aromatic rings. The molecule has 0 radical (unpaired) electrons. The van der Waals surface area contributed by atoms with E-state index in [-0.39, 0.29) is 11.4 Å². The number of carboxylic acid groups (broad SMARTS) is 1. The minimum Gasteiger partial charge on any atom is -0.477 e. The summed E-state index contributed by atoms with van der Waals surface area (Å²) in [5.41, 5.74) is 3.62. The molecule has 1 atom stereocenters. The van der Waals surface area contributed by atoms with E-state index in [0.29, 0.717) is 43.1 Å².